The first-order chi connectivity index (χ1) is 8.09. The van der Waals surface area contributed by atoms with Crippen molar-refractivity contribution < 1.29 is 14.7 Å². The number of anilines is 1. The van der Waals surface area contributed by atoms with Crippen LogP contribution in [0.3, 0.4) is 0 Å². The standard InChI is InChI=1S/C13H15NO3/c1-9(13(16)17)10-4-6-11(7-5-10)14-8-2-3-12(14)15/h4-7,9H,2-3,8H2,1H3,(H,16,17). The van der Waals surface area contributed by atoms with Gasteiger partial charge in [-0.05, 0) is 31.0 Å². The zero-order chi connectivity index (χ0) is 12.4. The van der Waals surface area contributed by atoms with E-state index in [2.05, 4.69) is 0 Å². The van der Waals surface area contributed by atoms with Crippen LogP contribution in [0.5, 0.6) is 0 Å². The van der Waals surface area contributed by atoms with E-state index < -0.39 is 11.9 Å². The number of hydrogen-bond donors (Lipinski definition) is 1. The quantitative estimate of drug-likeness (QED) is 0.868. The zero-order valence-electron chi connectivity index (χ0n) is 9.72. The molecule has 1 atom stereocenters. The third kappa shape index (κ3) is 2.30. The molecule has 1 aromatic carbocycles. The van der Waals surface area contributed by atoms with E-state index >= 15 is 0 Å². The fraction of sp³-hybridized carbons (Fsp3) is 0.385. The van der Waals surface area contributed by atoms with Crippen LogP contribution < -0.4 is 4.90 Å². The van der Waals surface area contributed by atoms with E-state index in [0.717, 1.165) is 24.2 Å². The number of carbonyl (C=O) groups excluding carboxylic acids is 1. The molecule has 1 aromatic rings. The van der Waals surface area contributed by atoms with E-state index in [1.165, 1.54) is 0 Å². The Labute approximate surface area is 99.9 Å². The molecule has 4 heteroatoms. The van der Waals surface area contributed by atoms with Crippen LogP contribution in [0.25, 0.3) is 0 Å². The maximum absolute atomic E-state index is 11.5. The molecule has 0 saturated carbocycles. The van der Waals surface area contributed by atoms with Crippen molar-refractivity contribution in [2.24, 2.45) is 0 Å². The number of rotatable bonds is 3. The molecule has 1 fully saturated rings. The summed E-state index contributed by atoms with van der Waals surface area (Å²) in [7, 11) is 0. The summed E-state index contributed by atoms with van der Waals surface area (Å²) in [5, 5.41) is 8.89. The summed E-state index contributed by atoms with van der Waals surface area (Å²) in [5.74, 6) is -1.21. The molecule has 90 valence electrons. The topological polar surface area (TPSA) is 57.6 Å². The van der Waals surface area contributed by atoms with Gasteiger partial charge in [-0.25, -0.2) is 0 Å². The van der Waals surface area contributed by atoms with Crippen molar-refractivity contribution >= 4 is 17.6 Å². The van der Waals surface area contributed by atoms with E-state index in [4.69, 9.17) is 5.11 Å². The van der Waals surface area contributed by atoms with Gasteiger partial charge in [0.05, 0.1) is 5.92 Å². The van der Waals surface area contributed by atoms with Crippen LogP contribution in [0.1, 0.15) is 31.2 Å². The van der Waals surface area contributed by atoms with Gasteiger partial charge in [0.1, 0.15) is 0 Å². The molecule has 0 aliphatic carbocycles. The third-order valence-corrected chi connectivity index (χ3v) is 3.15. The second-order valence-corrected chi connectivity index (χ2v) is 4.30. The van der Waals surface area contributed by atoms with Crippen molar-refractivity contribution in [3.05, 3.63) is 29.8 Å². The Morgan fingerprint density at radius 3 is 2.47 bits per heavy atom. The largest absolute Gasteiger partial charge is 0.481 e. The number of carboxylic acid groups (broad SMARTS) is 1. The van der Waals surface area contributed by atoms with Crippen LogP contribution in [-0.2, 0) is 9.59 Å². The zero-order valence-corrected chi connectivity index (χ0v) is 9.72. The van der Waals surface area contributed by atoms with Crippen LogP contribution in [0, 0.1) is 0 Å². The third-order valence-electron chi connectivity index (χ3n) is 3.15. The normalized spacial score (nSPS) is 17.2. The summed E-state index contributed by atoms with van der Waals surface area (Å²) in [6, 6.07) is 7.19. The first kappa shape index (κ1) is 11.6. The summed E-state index contributed by atoms with van der Waals surface area (Å²) in [5.41, 5.74) is 1.61. The molecular formula is C13H15NO3. The molecule has 1 heterocycles. The SMILES string of the molecule is CC(C(=O)O)c1ccc(N2CCCC2=O)cc1. The average Bonchev–Trinajstić information content (AvgIpc) is 2.74. The minimum Gasteiger partial charge on any atom is -0.481 e. The molecular weight excluding hydrogens is 218 g/mol. The highest BCUT2D eigenvalue weighted by molar-refractivity contribution is 5.95. The van der Waals surface area contributed by atoms with E-state index in [1.54, 1.807) is 24.0 Å². The fourth-order valence-corrected chi connectivity index (χ4v) is 2.01. The van der Waals surface area contributed by atoms with Crippen LogP contribution in [0.4, 0.5) is 5.69 Å². The van der Waals surface area contributed by atoms with Gasteiger partial charge in [-0.1, -0.05) is 12.1 Å². The van der Waals surface area contributed by atoms with Crippen molar-refractivity contribution in [2.75, 3.05) is 11.4 Å². The summed E-state index contributed by atoms with van der Waals surface area (Å²) in [6.45, 7) is 2.41. The predicted octanol–water partition coefficient (Wildman–Crippen LogP) is 2.00. The maximum Gasteiger partial charge on any atom is 0.310 e. The number of benzene rings is 1. The van der Waals surface area contributed by atoms with Gasteiger partial charge < -0.3 is 10.0 Å². The lowest BCUT2D eigenvalue weighted by atomic mass is 10.0. The van der Waals surface area contributed by atoms with Gasteiger partial charge in [-0.3, -0.25) is 9.59 Å². The lowest BCUT2D eigenvalue weighted by molar-refractivity contribution is -0.138. The highest BCUT2D eigenvalue weighted by Gasteiger charge is 2.22. The first-order valence-electron chi connectivity index (χ1n) is 5.72. The Bertz CT molecular complexity index is 438. The van der Waals surface area contributed by atoms with Gasteiger partial charge in [-0.2, -0.15) is 0 Å². The Kier molecular flexibility index (Phi) is 3.13. The van der Waals surface area contributed by atoms with Gasteiger partial charge in [0.2, 0.25) is 5.91 Å². The number of nitrogens with zero attached hydrogens (tertiary/aromatic N) is 1. The van der Waals surface area contributed by atoms with Crippen molar-refractivity contribution in [1.82, 2.24) is 0 Å². The highest BCUT2D eigenvalue weighted by Crippen LogP contribution is 2.24. The van der Waals surface area contributed by atoms with Gasteiger partial charge >= 0.3 is 5.97 Å². The number of amides is 1. The van der Waals surface area contributed by atoms with Crippen LogP contribution >= 0.6 is 0 Å². The molecule has 1 aliphatic rings. The Balaban J connectivity index is 2.18. The van der Waals surface area contributed by atoms with Gasteiger partial charge in [0.15, 0.2) is 0 Å². The van der Waals surface area contributed by atoms with E-state index in [9.17, 15) is 9.59 Å². The summed E-state index contributed by atoms with van der Waals surface area (Å²) < 4.78 is 0. The summed E-state index contributed by atoms with van der Waals surface area (Å²) >= 11 is 0. The van der Waals surface area contributed by atoms with Crippen molar-refractivity contribution in [2.45, 2.75) is 25.7 Å². The first-order valence-corrected chi connectivity index (χ1v) is 5.72. The molecule has 0 spiro atoms. The molecule has 1 amide bonds. The highest BCUT2D eigenvalue weighted by atomic mass is 16.4. The van der Waals surface area contributed by atoms with E-state index in [1.807, 2.05) is 12.1 Å². The van der Waals surface area contributed by atoms with Crippen molar-refractivity contribution in [3.63, 3.8) is 0 Å². The summed E-state index contributed by atoms with van der Waals surface area (Å²) in [6.07, 6.45) is 1.50. The van der Waals surface area contributed by atoms with Crippen LogP contribution in [0.2, 0.25) is 0 Å². The molecule has 0 radical (unpaired) electrons. The molecule has 2 rings (SSSR count). The molecule has 1 unspecified atom stereocenters. The van der Waals surface area contributed by atoms with Crippen molar-refractivity contribution in [1.29, 1.82) is 0 Å². The predicted molar refractivity (Wildman–Crippen MR) is 64.1 cm³/mol. The maximum atomic E-state index is 11.5. The Morgan fingerprint density at radius 1 is 1.35 bits per heavy atom. The molecule has 0 aromatic heterocycles. The molecule has 0 bridgehead atoms. The number of carbonyl (C=O) groups is 2. The minimum atomic E-state index is -0.838. The average molecular weight is 233 g/mol. The molecule has 1 saturated heterocycles. The second kappa shape index (κ2) is 4.57. The number of carboxylic acids is 1. The molecule has 1 aliphatic heterocycles. The van der Waals surface area contributed by atoms with Crippen molar-refractivity contribution in [3.8, 4) is 0 Å². The number of hydrogen-bond acceptors (Lipinski definition) is 2. The van der Waals surface area contributed by atoms with Gasteiger partial charge in [0.25, 0.3) is 0 Å². The van der Waals surface area contributed by atoms with Gasteiger partial charge in [-0.15, -0.1) is 0 Å². The lowest BCUT2D eigenvalue weighted by Gasteiger charge is -2.16. The van der Waals surface area contributed by atoms with E-state index in [0.29, 0.717) is 6.42 Å². The fourth-order valence-electron chi connectivity index (χ4n) is 2.01. The van der Waals surface area contributed by atoms with Crippen LogP contribution in [0.15, 0.2) is 24.3 Å². The lowest BCUT2D eigenvalue weighted by Crippen LogP contribution is -2.23. The Morgan fingerprint density at radius 2 is 2.00 bits per heavy atom. The van der Waals surface area contributed by atoms with Crippen LogP contribution in [-0.4, -0.2) is 23.5 Å². The Hall–Kier alpha value is -1.84. The van der Waals surface area contributed by atoms with E-state index in [-0.39, 0.29) is 5.91 Å². The molecule has 4 nitrogen and oxygen atoms in total. The monoisotopic (exact) mass is 233 g/mol. The molecule has 1 N–H and O–H groups in total. The second-order valence-electron chi connectivity index (χ2n) is 4.30. The summed E-state index contributed by atoms with van der Waals surface area (Å²) in [4.78, 5) is 24.1. The minimum absolute atomic E-state index is 0.143. The van der Waals surface area contributed by atoms with Gasteiger partial charge in [0, 0.05) is 18.7 Å². The molecule has 17 heavy (non-hydrogen) atoms. The number of aliphatic carboxylic acids is 1. The smallest absolute Gasteiger partial charge is 0.310 e.